The van der Waals surface area contributed by atoms with Crippen molar-refractivity contribution in [2.24, 2.45) is 0 Å². The van der Waals surface area contributed by atoms with Crippen LogP contribution in [-0.4, -0.2) is 28.2 Å². The first-order valence-electron chi connectivity index (χ1n) is 8.95. The molecule has 1 aromatic carbocycles. The van der Waals surface area contributed by atoms with Gasteiger partial charge in [0.05, 0.1) is 11.4 Å². The Hall–Kier alpha value is -2.39. The van der Waals surface area contributed by atoms with Crippen molar-refractivity contribution >= 4 is 17.7 Å². The molecule has 6 heteroatoms. The summed E-state index contributed by atoms with van der Waals surface area (Å²) >= 11 is 1.27. The Balaban J connectivity index is 1.83. The van der Waals surface area contributed by atoms with Gasteiger partial charge in [0.25, 0.3) is 0 Å². The quantitative estimate of drug-likeness (QED) is 0.608. The van der Waals surface area contributed by atoms with Gasteiger partial charge in [0.15, 0.2) is 0 Å². The minimum Gasteiger partial charge on any atom is -0.355 e. The van der Waals surface area contributed by atoms with Gasteiger partial charge in [0.2, 0.25) is 5.91 Å². The van der Waals surface area contributed by atoms with Gasteiger partial charge in [-0.2, -0.15) is 5.26 Å². The lowest BCUT2D eigenvalue weighted by molar-refractivity contribution is -0.118. The number of amides is 1. The summed E-state index contributed by atoms with van der Waals surface area (Å²) in [5.74, 6) is 0.769. The summed E-state index contributed by atoms with van der Waals surface area (Å²) in [6, 6.07) is 10.7. The second-order valence-corrected chi connectivity index (χ2v) is 8.45. The topological polar surface area (TPSA) is 78.7 Å². The number of nitriles is 1. The highest BCUT2D eigenvalue weighted by Gasteiger charge is 2.14. The van der Waals surface area contributed by atoms with Crippen LogP contribution in [0, 0.1) is 25.2 Å². The highest BCUT2D eigenvalue weighted by molar-refractivity contribution is 8.00. The molecule has 1 N–H and O–H groups in total. The van der Waals surface area contributed by atoms with Crippen molar-refractivity contribution < 1.29 is 4.79 Å². The van der Waals surface area contributed by atoms with Gasteiger partial charge in [-0.1, -0.05) is 56.8 Å². The summed E-state index contributed by atoms with van der Waals surface area (Å²) in [5.41, 5.74) is 3.73. The van der Waals surface area contributed by atoms with Gasteiger partial charge in [-0.15, -0.1) is 0 Å². The number of aromatic nitrogens is 2. The average Bonchev–Trinajstić information content (AvgIpc) is 2.59. The Morgan fingerprint density at radius 2 is 1.85 bits per heavy atom. The predicted molar refractivity (Wildman–Crippen MR) is 109 cm³/mol. The van der Waals surface area contributed by atoms with Crippen molar-refractivity contribution in [2.45, 2.75) is 51.5 Å². The van der Waals surface area contributed by atoms with Crippen LogP contribution in [0.15, 0.2) is 29.3 Å². The van der Waals surface area contributed by atoms with Crippen molar-refractivity contribution in [3.8, 4) is 6.07 Å². The van der Waals surface area contributed by atoms with Crippen LogP contribution in [0.2, 0.25) is 0 Å². The van der Waals surface area contributed by atoms with Gasteiger partial charge in [-0.05, 0) is 36.8 Å². The monoisotopic (exact) mass is 382 g/mol. The molecule has 0 aliphatic rings. The highest BCUT2D eigenvalue weighted by atomic mass is 32.2. The average molecular weight is 383 g/mol. The third kappa shape index (κ3) is 6.07. The van der Waals surface area contributed by atoms with Gasteiger partial charge < -0.3 is 5.32 Å². The predicted octanol–water partition coefficient (Wildman–Crippen LogP) is 3.71. The lowest BCUT2D eigenvalue weighted by atomic mass is 9.86. The van der Waals surface area contributed by atoms with E-state index in [0.717, 1.165) is 6.42 Å². The summed E-state index contributed by atoms with van der Waals surface area (Å²) in [4.78, 5) is 20.6. The maximum atomic E-state index is 12.1. The van der Waals surface area contributed by atoms with E-state index in [-0.39, 0.29) is 17.1 Å². The largest absolute Gasteiger partial charge is 0.355 e. The second-order valence-electron chi connectivity index (χ2n) is 7.48. The first-order chi connectivity index (χ1) is 12.7. The Morgan fingerprint density at radius 1 is 1.19 bits per heavy atom. The fourth-order valence-electron chi connectivity index (χ4n) is 2.62. The number of nitrogens with one attached hydrogen (secondary N) is 1. The molecule has 0 bridgehead atoms. The van der Waals surface area contributed by atoms with Crippen LogP contribution in [-0.2, 0) is 16.6 Å². The van der Waals surface area contributed by atoms with Gasteiger partial charge in [0.1, 0.15) is 22.5 Å². The second kappa shape index (κ2) is 9.01. The van der Waals surface area contributed by atoms with Crippen molar-refractivity contribution in [1.82, 2.24) is 15.3 Å². The first kappa shape index (κ1) is 20.9. The van der Waals surface area contributed by atoms with Gasteiger partial charge in [0, 0.05) is 6.54 Å². The van der Waals surface area contributed by atoms with Crippen LogP contribution in [0.4, 0.5) is 0 Å². The van der Waals surface area contributed by atoms with Crippen LogP contribution in [0.25, 0.3) is 0 Å². The molecular formula is C21H26N4OS. The molecular weight excluding hydrogens is 356 g/mol. The zero-order valence-electron chi connectivity index (χ0n) is 16.6. The maximum absolute atomic E-state index is 12.1. The van der Waals surface area contributed by atoms with Crippen LogP contribution in [0.3, 0.4) is 0 Å². The SMILES string of the molecule is Cc1nc(C)c(C#N)c(SCC(=O)NCCc2ccc(C(C)(C)C)cc2)n1. The molecule has 0 unspecified atom stereocenters. The molecule has 0 atom stereocenters. The van der Waals surface area contributed by atoms with Gasteiger partial charge in [-0.3, -0.25) is 4.79 Å². The standard InChI is InChI=1S/C21H26N4OS/c1-14-18(12-22)20(25-15(2)24-14)27-13-19(26)23-11-10-16-6-8-17(9-7-16)21(3,4)5/h6-9H,10-11,13H2,1-5H3,(H,23,26). The fourth-order valence-corrected chi connectivity index (χ4v) is 3.52. The molecule has 0 saturated heterocycles. The number of benzene rings is 1. The minimum absolute atomic E-state index is 0.0656. The molecule has 0 saturated carbocycles. The summed E-state index contributed by atoms with van der Waals surface area (Å²) in [6.45, 7) is 10.7. The Labute approximate surface area is 165 Å². The van der Waals surface area contributed by atoms with Crippen molar-refractivity contribution in [3.05, 3.63) is 52.5 Å². The zero-order valence-corrected chi connectivity index (χ0v) is 17.4. The lowest BCUT2D eigenvalue weighted by Gasteiger charge is -2.19. The summed E-state index contributed by atoms with van der Waals surface area (Å²) in [5, 5.41) is 12.7. The van der Waals surface area contributed by atoms with E-state index in [9.17, 15) is 10.1 Å². The van der Waals surface area contributed by atoms with Crippen LogP contribution in [0.5, 0.6) is 0 Å². The molecule has 142 valence electrons. The lowest BCUT2D eigenvalue weighted by Crippen LogP contribution is -2.27. The number of hydrogen-bond acceptors (Lipinski definition) is 5. The molecule has 27 heavy (non-hydrogen) atoms. The Kier molecular flexibility index (Phi) is 6.98. The fraction of sp³-hybridized carbons (Fsp3) is 0.429. The summed E-state index contributed by atoms with van der Waals surface area (Å²) in [6.07, 6.45) is 0.788. The molecule has 1 aromatic heterocycles. The van der Waals surface area contributed by atoms with Crippen LogP contribution >= 0.6 is 11.8 Å². The van der Waals surface area contributed by atoms with Crippen LogP contribution in [0.1, 0.15) is 49.0 Å². The van der Waals surface area contributed by atoms with Gasteiger partial charge in [-0.25, -0.2) is 9.97 Å². The third-order valence-corrected chi connectivity index (χ3v) is 5.15. The van der Waals surface area contributed by atoms with E-state index in [0.29, 0.717) is 28.7 Å². The minimum atomic E-state index is -0.0656. The molecule has 5 nitrogen and oxygen atoms in total. The highest BCUT2D eigenvalue weighted by Crippen LogP contribution is 2.23. The number of aryl methyl sites for hydroxylation is 2. The molecule has 2 rings (SSSR count). The molecule has 2 aromatic rings. The molecule has 0 aliphatic carbocycles. The number of carbonyl (C=O) groups is 1. The molecule has 1 heterocycles. The van der Waals surface area contributed by atoms with Gasteiger partial charge >= 0.3 is 0 Å². The van der Waals surface area contributed by atoms with E-state index >= 15 is 0 Å². The summed E-state index contributed by atoms with van der Waals surface area (Å²) < 4.78 is 0. The van der Waals surface area contributed by atoms with E-state index in [1.165, 1.54) is 22.9 Å². The number of nitrogens with zero attached hydrogens (tertiary/aromatic N) is 3. The molecule has 0 radical (unpaired) electrons. The van der Waals surface area contributed by atoms with E-state index < -0.39 is 0 Å². The third-order valence-electron chi connectivity index (χ3n) is 4.18. The number of thioether (sulfide) groups is 1. The van der Waals surface area contributed by atoms with Crippen LogP contribution < -0.4 is 5.32 Å². The molecule has 0 aliphatic heterocycles. The van der Waals surface area contributed by atoms with E-state index in [2.05, 4.69) is 66.4 Å². The first-order valence-corrected chi connectivity index (χ1v) is 9.93. The smallest absolute Gasteiger partial charge is 0.230 e. The normalized spacial score (nSPS) is 11.1. The molecule has 0 spiro atoms. The van der Waals surface area contributed by atoms with Crippen molar-refractivity contribution in [1.29, 1.82) is 5.26 Å². The number of hydrogen-bond donors (Lipinski definition) is 1. The molecule has 1 amide bonds. The Morgan fingerprint density at radius 3 is 2.44 bits per heavy atom. The molecule has 0 fully saturated rings. The number of carbonyl (C=O) groups excluding carboxylic acids is 1. The van der Waals surface area contributed by atoms with Crippen molar-refractivity contribution in [3.63, 3.8) is 0 Å². The maximum Gasteiger partial charge on any atom is 0.230 e. The zero-order chi connectivity index (χ0) is 20.0. The van der Waals surface area contributed by atoms with E-state index in [1.807, 2.05) is 0 Å². The summed E-state index contributed by atoms with van der Waals surface area (Å²) in [7, 11) is 0. The number of rotatable bonds is 6. The van der Waals surface area contributed by atoms with Crippen molar-refractivity contribution in [2.75, 3.05) is 12.3 Å². The van der Waals surface area contributed by atoms with E-state index in [4.69, 9.17) is 0 Å². The van der Waals surface area contributed by atoms with E-state index in [1.54, 1.807) is 13.8 Å². The Bertz CT molecular complexity index is 848.